The second-order valence-electron chi connectivity index (χ2n) is 4.90. The summed E-state index contributed by atoms with van der Waals surface area (Å²) in [5, 5.41) is 23.2. The van der Waals surface area contributed by atoms with Crippen LogP contribution in [0.4, 0.5) is 10.1 Å². The van der Waals surface area contributed by atoms with Crippen molar-refractivity contribution >= 4 is 11.6 Å². The molecule has 2 rings (SSSR count). The van der Waals surface area contributed by atoms with E-state index in [1.54, 1.807) is 12.1 Å². The first-order chi connectivity index (χ1) is 11.0. The van der Waals surface area contributed by atoms with Crippen LogP contribution in [-0.2, 0) is 11.2 Å². The molecule has 0 aliphatic carbocycles. The van der Waals surface area contributed by atoms with Crippen molar-refractivity contribution in [2.45, 2.75) is 12.5 Å². The minimum absolute atomic E-state index is 0.0819. The summed E-state index contributed by atoms with van der Waals surface area (Å²) in [5.74, 6) is -1.05. The number of carbonyl (C=O) groups excluding carboxylic acids is 1. The summed E-state index contributed by atoms with van der Waals surface area (Å²) in [7, 11) is 0. The van der Waals surface area contributed by atoms with Crippen LogP contribution >= 0.6 is 0 Å². The lowest BCUT2D eigenvalue weighted by Crippen LogP contribution is -2.30. The van der Waals surface area contributed by atoms with Crippen molar-refractivity contribution in [3.05, 3.63) is 75.6 Å². The van der Waals surface area contributed by atoms with Gasteiger partial charge in [0.1, 0.15) is 5.82 Å². The van der Waals surface area contributed by atoms with Crippen LogP contribution in [0.1, 0.15) is 17.2 Å². The van der Waals surface area contributed by atoms with Gasteiger partial charge in [-0.1, -0.05) is 36.4 Å². The highest BCUT2D eigenvalue weighted by molar-refractivity contribution is 5.79. The Hall–Kier alpha value is -2.80. The summed E-state index contributed by atoms with van der Waals surface area (Å²) < 4.78 is 13.5. The van der Waals surface area contributed by atoms with Gasteiger partial charge in [0.25, 0.3) is 5.69 Å². The number of aliphatic hydroxyl groups is 1. The number of amides is 1. The minimum atomic E-state index is -1.19. The molecule has 6 nitrogen and oxygen atoms in total. The second-order valence-corrected chi connectivity index (χ2v) is 4.90. The normalized spacial score (nSPS) is 11.7. The highest BCUT2D eigenvalue weighted by atomic mass is 19.1. The summed E-state index contributed by atoms with van der Waals surface area (Å²) in [4.78, 5) is 22.2. The Morgan fingerprint density at radius 3 is 2.57 bits per heavy atom. The van der Waals surface area contributed by atoms with Gasteiger partial charge in [0.15, 0.2) is 0 Å². The van der Waals surface area contributed by atoms with Gasteiger partial charge in [-0.15, -0.1) is 0 Å². The molecule has 0 heterocycles. The molecule has 0 bridgehead atoms. The molecular formula is C16H15FN2O4. The molecule has 0 radical (unpaired) electrons. The van der Waals surface area contributed by atoms with E-state index in [9.17, 15) is 24.4 Å². The van der Waals surface area contributed by atoms with E-state index < -0.39 is 22.8 Å². The molecular weight excluding hydrogens is 303 g/mol. The molecule has 1 atom stereocenters. The zero-order valence-electron chi connectivity index (χ0n) is 12.1. The van der Waals surface area contributed by atoms with Gasteiger partial charge < -0.3 is 10.4 Å². The molecule has 0 spiro atoms. The summed E-state index contributed by atoms with van der Waals surface area (Å²) in [6.45, 7) is -0.180. The molecule has 0 aliphatic rings. The Morgan fingerprint density at radius 2 is 1.87 bits per heavy atom. The molecule has 2 aromatic carbocycles. The van der Waals surface area contributed by atoms with Crippen molar-refractivity contribution in [3.63, 3.8) is 0 Å². The van der Waals surface area contributed by atoms with Crippen LogP contribution in [0.5, 0.6) is 0 Å². The van der Waals surface area contributed by atoms with E-state index >= 15 is 0 Å². The van der Waals surface area contributed by atoms with Crippen LogP contribution in [0, 0.1) is 15.9 Å². The highest BCUT2D eigenvalue weighted by Gasteiger charge is 2.17. The van der Waals surface area contributed by atoms with Gasteiger partial charge in [-0.25, -0.2) is 4.39 Å². The number of para-hydroxylation sites is 1. The average Bonchev–Trinajstić information content (AvgIpc) is 2.53. The molecule has 0 aromatic heterocycles. The molecule has 0 fully saturated rings. The van der Waals surface area contributed by atoms with E-state index in [0.29, 0.717) is 0 Å². The first kappa shape index (κ1) is 16.6. The molecule has 120 valence electrons. The molecule has 0 saturated carbocycles. The van der Waals surface area contributed by atoms with Crippen molar-refractivity contribution in [2.24, 2.45) is 0 Å². The van der Waals surface area contributed by atoms with Crippen LogP contribution in [0.3, 0.4) is 0 Å². The number of benzene rings is 2. The van der Waals surface area contributed by atoms with Gasteiger partial charge in [-0.3, -0.25) is 14.9 Å². The summed E-state index contributed by atoms with van der Waals surface area (Å²) in [6, 6.07) is 11.6. The zero-order chi connectivity index (χ0) is 16.8. The lowest BCUT2D eigenvalue weighted by atomic mass is 10.1. The van der Waals surface area contributed by atoms with E-state index in [2.05, 4.69) is 5.32 Å². The monoisotopic (exact) mass is 318 g/mol. The summed E-state index contributed by atoms with van der Waals surface area (Å²) in [5.41, 5.74) is 0.214. The number of hydrogen-bond donors (Lipinski definition) is 2. The maximum atomic E-state index is 13.5. The molecule has 0 aliphatic heterocycles. The molecule has 1 amide bonds. The summed E-state index contributed by atoms with van der Waals surface area (Å²) >= 11 is 0. The lowest BCUT2D eigenvalue weighted by molar-refractivity contribution is -0.385. The van der Waals surface area contributed by atoms with E-state index in [1.165, 1.54) is 36.4 Å². The van der Waals surface area contributed by atoms with Crippen LogP contribution in [0.25, 0.3) is 0 Å². The molecule has 1 unspecified atom stereocenters. The predicted octanol–water partition coefficient (Wildman–Crippen LogP) is 2.13. The number of aliphatic hydroxyl groups excluding tert-OH is 1. The Kier molecular flexibility index (Phi) is 5.37. The van der Waals surface area contributed by atoms with E-state index in [0.717, 1.165) is 0 Å². The molecule has 7 heteroatoms. The fraction of sp³-hybridized carbons (Fsp3) is 0.188. The number of hydrogen-bond acceptors (Lipinski definition) is 4. The third-order valence-corrected chi connectivity index (χ3v) is 3.30. The maximum Gasteiger partial charge on any atom is 0.273 e. The van der Waals surface area contributed by atoms with Crippen molar-refractivity contribution in [2.75, 3.05) is 6.54 Å². The second kappa shape index (κ2) is 7.46. The third kappa shape index (κ3) is 4.33. The predicted molar refractivity (Wildman–Crippen MR) is 81.2 cm³/mol. The van der Waals surface area contributed by atoms with E-state index in [-0.39, 0.29) is 29.8 Å². The third-order valence-electron chi connectivity index (χ3n) is 3.30. The highest BCUT2D eigenvalue weighted by Crippen LogP contribution is 2.18. The molecule has 23 heavy (non-hydrogen) atoms. The zero-order valence-corrected chi connectivity index (χ0v) is 12.1. The van der Waals surface area contributed by atoms with Crippen LogP contribution in [0.15, 0.2) is 48.5 Å². The minimum Gasteiger partial charge on any atom is -0.386 e. The fourth-order valence-corrected chi connectivity index (χ4v) is 2.14. The lowest BCUT2D eigenvalue weighted by Gasteiger charge is -2.13. The first-order valence-electron chi connectivity index (χ1n) is 6.90. The SMILES string of the molecule is O=C(Cc1ccccc1[N+](=O)[O-])NCC(O)c1ccccc1F. The Morgan fingerprint density at radius 1 is 1.22 bits per heavy atom. The average molecular weight is 318 g/mol. The van der Waals surface area contributed by atoms with Crippen molar-refractivity contribution in [1.82, 2.24) is 5.32 Å². The largest absolute Gasteiger partial charge is 0.386 e. The number of rotatable bonds is 6. The van der Waals surface area contributed by atoms with Gasteiger partial charge in [0.05, 0.1) is 17.4 Å². The van der Waals surface area contributed by atoms with Gasteiger partial charge in [0, 0.05) is 23.7 Å². The molecule has 2 aromatic rings. The Balaban J connectivity index is 1.96. The number of nitro benzene ring substituents is 1. The Bertz CT molecular complexity index is 721. The van der Waals surface area contributed by atoms with Crippen LogP contribution in [0.2, 0.25) is 0 Å². The van der Waals surface area contributed by atoms with E-state index in [1.807, 2.05) is 0 Å². The topological polar surface area (TPSA) is 92.5 Å². The standard InChI is InChI=1S/C16H15FN2O4/c17-13-7-3-2-6-12(13)15(20)10-18-16(21)9-11-5-1-4-8-14(11)19(22)23/h1-8,15,20H,9-10H2,(H,18,21). The number of nitro groups is 1. The quantitative estimate of drug-likeness (QED) is 0.630. The van der Waals surface area contributed by atoms with Crippen LogP contribution in [-0.4, -0.2) is 22.5 Å². The molecule has 0 saturated heterocycles. The number of nitrogens with one attached hydrogen (secondary N) is 1. The van der Waals surface area contributed by atoms with Gasteiger partial charge in [-0.2, -0.15) is 0 Å². The first-order valence-corrected chi connectivity index (χ1v) is 6.90. The smallest absolute Gasteiger partial charge is 0.273 e. The van der Waals surface area contributed by atoms with E-state index in [4.69, 9.17) is 0 Å². The summed E-state index contributed by atoms with van der Waals surface area (Å²) in [6.07, 6.45) is -1.38. The van der Waals surface area contributed by atoms with Crippen LogP contribution < -0.4 is 5.32 Å². The number of nitrogens with zero attached hydrogens (tertiary/aromatic N) is 1. The van der Waals surface area contributed by atoms with Crippen molar-refractivity contribution in [1.29, 1.82) is 0 Å². The molecule has 2 N–H and O–H groups in total. The number of carbonyl (C=O) groups is 1. The van der Waals surface area contributed by atoms with Gasteiger partial charge in [-0.05, 0) is 6.07 Å². The van der Waals surface area contributed by atoms with Crippen molar-refractivity contribution in [3.8, 4) is 0 Å². The van der Waals surface area contributed by atoms with Gasteiger partial charge in [0.2, 0.25) is 5.91 Å². The fourth-order valence-electron chi connectivity index (χ4n) is 2.14. The van der Waals surface area contributed by atoms with Gasteiger partial charge >= 0.3 is 0 Å². The number of halogens is 1. The van der Waals surface area contributed by atoms with Crippen molar-refractivity contribution < 1.29 is 19.2 Å². The Labute approximate surface area is 131 Å². The maximum absolute atomic E-state index is 13.5.